The Morgan fingerprint density at radius 2 is 2.11 bits per heavy atom. The fourth-order valence-electron chi connectivity index (χ4n) is 1.07. The van der Waals surface area contributed by atoms with Crippen LogP contribution in [0.15, 0.2) is 16.6 Å². The van der Waals surface area contributed by atoms with Crippen molar-refractivity contribution in [3.63, 3.8) is 0 Å². The Morgan fingerprint density at radius 3 is 2.61 bits per heavy atom. The molecule has 0 N–H and O–H groups in total. The highest BCUT2D eigenvalue weighted by atomic mass is 79.9. The van der Waals surface area contributed by atoms with Gasteiger partial charge in [0, 0.05) is 10.7 Å². The number of ether oxygens (including phenoxy) is 1. The van der Waals surface area contributed by atoms with E-state index in [0.29, 0.717) is 6.07 Å². The Morgan fingerprint density at radius 1 is 1.50 bits per heavy atom. The number of nitro groups is 1. The lowest BCUT2D eigenvalue weighted by Gasteiger charge is -2.07. The van der Waals surface area contributed by atoms with Crippen LogP contribution in [0.1, 0.15) is 0 Å². The summed E-state index contributed by atoms with van der Waals surface area (Å²) in [4.78, 5) is 9.85. The van der Waals surface area contributed by atoms with E-state index in [1.165, 1.54) is 0 Å². The van der Waals surface area contributed by atoms with Crippen LogP contribution in [0, 0.1) is 15.9 Å². The van der Waals surface area contributed by atoms with Gasteiger partial charge in [0.15, 0.2) is 0 Å². The van der Waals surface area contributed by atoms with Crippen LogP contribution in [-0.2, 0) is 9.05 Å². The molecular weight excluding hydrogens is 357 g/mol. The van der Waals surface area contributed by atoms with Crippen molar-refractivity contribution in [2.45, 2.75) is 0 Å². The zero-order valence-electron chi connectivity index (χ0n) is 8.60. The molecule has 0 saturated heterocycles. The highest BCUT2D eigenvalue weighted by Gasteiger charge is 2.21. The molecule has 0 fully saturated rings. The van der Waals surface area contributed by atoms with Crippen LogP contribution in [0.25, 0.3) is 0 Å². The zero-order valence-corrected chi connectivity index (χ0v) is 11.8. The highest BCUT2D eigenvalue weighted by Crippen LogP contribution is 2.35. The minimum Gasteiger partial charge on any atom is -0.485 e. The van der Waals surface area contributed by atoms with Gasteiger partial charge in [-0.3, -0.25) is 10.1 Å². The lowest BCUT2D eigenvalue weighted by atomic mass is 10.3. The van der Waals surface area contributed by atoms with E-state index in [0.717, 1.165) is 6.07 Å². The minimum atomic E-state index is -3.76. The smallest absolute Gasteiger partial charge is 0.315 e. The summed E-state index contributed by atoms with van der Waals surface area (Å²) in [5.41, 5.74) is -0.603. The van der Waals surface area contributed by atoms with Crippen LogP contribution in [0.2, 0.25) is 0 Å². The molecule has 0 radical (unpaired) electrons. The highest BCUT2D eigenvalue weighted by molar-refractivity contribution is 9.10. The maximum absolute atomic E-state index is 13.0. The average Bonchev–Trinajstić information content (AvgIpc) is 2.18. The normalized spacial score (nSPS) is 11.3. The van der Waals surface area contributed by atoms with Gasteiger partial charge in [0.1, 0.15) is 12.4 Å². The summed E-state index contributed by atoms with van der Waals surface area (Å²) in [6, 6.07) is 1.65. The summed E-state index contributed by atoms with van der Waals surface area (Å²) >= 11 is 2.90. The summed E-state index contributed by atoms with van der Waals surface area (Å²) in [7, 11) is 1.19. The van der Waals surface area contributed by atoms with Crippen molar-refractivity contribution in [3.8, 4) is 5.75 Å². The van der Waals surface area contributed by atoms with E-state index >= 15 is 0 Å². The Kier molecular flexibility index (Phi) is 4.88. The van der Waals surface area contributed by atoms with Crippen molar-refractivity contribution in [2.75, 3.05) is 12.4 Å². The summed E-state index contributed by atoms with van der Waals surface area (Å²) in [5.74, 6) is -1.58. The Bertz CT molecular complexity index is 579. The maximum atomic E-state index is 13.0. The van der Waals surface area contributed by atoms with E-state index < -0.39 is 31.2 Å². The first-order valence-electron chi connectivity index (χ1n) is 4.39. The monoisotopic (exact) mass is 361 g/mol. The van der Waals surface area contributed by atoms with Crippen molar-refractivity contribution >= 4 is 41.4 Å². The molecule has 0 aromatic heterocycles. The van der Waals surface area contributed by atoms with Crippen molar-refractivity contribution in [1.82, 2.24) is 0 Å². The van der Waals surface area contributed by atoms with Crippen LogP contribution < -0.4 is 4.74 Å². The topological polar surface area (TPSA) is 86.5 Å². The summed E-state index contributed by atoms with van der Waals surface area (Å²) in [5, 5.41) is 10.7. The lowest BCUT2D eigenvalue weighted by molar-refractivity contribution is -0.386. The van der Waals surface area contributed by atoms with E-state index in [1.54, 1.807) is 0 Å². The van der Waals surface area contributed by atoms with Gasteiger partial charge in [0.05, 0.1) is 21.2 Å². The summed E-state index contributed by atoms with van der Waals surface area (Å²) in [6.07, 6.45) is 0. The quantitative estimate of drug-likeness (QED) is 0.456. The molecule has 18 heavy (non-hydrogen) atoms. The predicted octanol–water partition coefficient (Wildman–Crippen LogP) is 2.44. The SMILES string of the molecule is O=[N+]([O-])c1cc(F)cc(Br)c1OCCS(=O)(=O)Cl. The van der Waals surface area contributed by atoms with Gasteiger partial charge in [-0.15, -0.1) is 0 Å². The van der Waals surface area contributed by atoms with Gasteiger partial charge in [0.25, 0.3) is 0 Å². The molecule has 100 valence electrons. The number of nitro benzene ring substituents is 1. The van der Waals surface area contributed by atoms with Crippen molar-refractivity contribution in [2.24, 2.45) is 0 Å². The molecule has 0 aliphatic heterocycles. The van der Waals surface area contributed by atoms with E-state index in [9.17, 15) is 22.9 Å². The predicted molar refractivity (Wildman–Crippen MR) is 65.9 cm³/mol. The van der Waals surface area contributed by atoms with Gasteiger partial charge in [-0.25, -0.2) is 12.8 Å². The van der Waals surface area contributed by atoms with E-state index in [2.05, 4.69) is 15.9 Å². The molecule has 0 bridgehead atoms. The fraction of sp³-hybridized carbons (Fsp3) is 0.250. The second kappa shape index (κ2) is 5.81. The standard InChI is InChI=1S/C8H6BrClFNO5S/c9-6-3-5(11)4-7(12(13)14)8(6)17-1-2-18(10,15)16/h3-4H,1-2H2. The zero-order chi connectivity index (χ0) is 13.9. The number of nitrogens with zero attached hydrogens (tertiary/aromatic N) is 1. The van der Waals surface area contributed by atoms with Crippen LogP contribution in [-0.4, -0.2) is 25.7 Å². The number of hydrogen-bond donors (Lipinski definition) is 0. The fourth-order valence-corrected chi connectivity index (χ4v) is 2.08. The van der Waals surface area contributed by atoms with Gasteiger partial charge in [0.2, 0.25) is 14.8 Å². The third-order valence-corrected chi connectivity index (χ3v) is 3.47. The van der Waals surface area contributed by atoms with Crippen LogP contribution in [0.4, 0.5) is 10.1 Å². The first kappa shape index (κ1) is 15.1. The molecule has 0 unspecified atom stereocenters. The minimum absolute atomic E-state index is 0.0150. The molecule has 0 aliphatic carbocycles. The molecule has 1 aromatic rings. The van der Waals surface area contributed by atoms with Crippen molar-refractivity contribution < 1.29 is 22.5 Å². The first-order chi connectivity index (χ1) is 8.20. The van der Waals surface area contributed by atoms with Crippen LogP contribution >= 0.6 is 26.6 Å². The van der Waals surface area contributed by atoms with E-state index in [-0.39, 0.29) is 16.8 Å². The second-order valence-electron chi connectivity index (χ2n) is 3.08. The number of halogens is 3. The summed E-state index contributed by atoms with van der Waals surface area (Å²) < 4.78 is 39.2. The number of benzene rings is 1. The number of rotatable bonds is 5. The van der Waals surface area contributed by atoms with E-state index in [4.69, 9.17) is 15.4 Å². The molecule has 0 heterocycles. The van der Waals surface area contributed by atoms with Gasteiger partial charge in [-0.2, -0.15) is 0 Å². The van der Waals surface area contributed by atoms with Gasteiger partial charge in [-0.1, -0.05) is 0 Å². The third kappa shape index (κ3) is 4.39. The van der Waals surface area contributed by atoms with Gasteiger partial charge >= 0.3 is 5.69 Å². The lowest BCUT2D eigenvalue weighted by Crippen LogP contribution is -2.10. The van der Waals surface area contributed by atoms with Gasteiger partial charge < -0.3 is 4.74 Å². The Labute approximate surface area is 114 Å². The molecule has 0 amide bonds. The van der Waals surface area contributed by atoms with Crippen LogP contribution in [0.3, 0.4) is 0 Å². The van der Waals surface area contributed by atoms with Gasteiger partial charge in [-0.05, 0) is 22.0 Å². The largest absolute Gasteiger partial charge is 0.485 e. The Hall–Kier alpha value is -0.930. The maximum Gasteiger partial charge on any atom is 0.315 e. The van der Waals surface area contributed by atoms with Crippen molar-refractivity contribution in [3.05, 3.63) is 32.5 Å². The molecule has 1 aromatic carbocycles. The number of hydrogen-bond acceptors (Lipinski definition) is 5. The molecule has 0 spiro atoms. The molecule has 0 atom stereocenters. The Balaban J connectivity index is 2.97. The van der Waals surface area contributed by atoms with Crippen molar-refractivity contribution in [1.29, 1.82) is 0 Å². The molecule has 1 rings (SSSR count). The second-order valence-corrected chi connectivity index (χ2v) is 6.84. The third-order valence-electron chi connectivity index (χ3n) is 1.76. The van der Waals surface area contributed by atoms with Crippen LogP contribution in [0.5, 0.6) is 5.75 Å². The average molecular weight is 363 g/mol. The molecular formula is C8H6BrClFNO5S. The molecule has 0 saturated carbocycles. The molecule has 10 heteroatoms. The van der Waals surface area contributed by atoms with E-state index in [1.807, 2.05) is 0 Å². The summed E-state index contributed by atoms with van der Waals surface area (Å²) in [6.45, 7) is -0.378. The molecule has 0 aliphatic rings. The molecule has 6 nitrogen and oxygen atoms in total. The first-order valence-corrected chi connectivity index (χ1v) is 7.66.